The number of rotatable bonds is 41. The molecule has 0 spiro atoms. The first-order valence-corrected chi connectivity index (χ1v) is 23.1. The van der Waals surface area contributed by atoms with Crippen molar-refractivity contribution in [2.75, 3.05) is 47.5 Å². The van der Waals surface area contributed by atoms with Crippen LogP contribution in [-0.2, 0) is 33.3 Å². The third-order valence-corrected chi connectivity index (χ3v) is 9.45. The van der Waals surface area contributed by atoms with E-state index >= 15 is 0 Å². The van der Waals surface area contributed by atoms with E-state index in [1.807, 2.05) is 21.1 Å². The number of allylic oxidation sites excluding steroid dienone is 12. The Balaban J connectivity index is 4.47. The monoisotopic (exact) mass is 829 g/mol. The number of esters is 2. The van der Waals surface area contributed by atoms with Gasteiger partial charge in [0.1, 0.15) is 13.2 Å². The van der Waals surface area contributed by atoms with E-state index in [9.17, 15) is 19.5 Å². The van der Waals surface area contributed by atoms with Crippen LogP contribution in [-0.4, -0.2) is 87.4 Å². The van der Waals surface area contributed by atoms with Gasteiger partial charge in [-0.2, -0.15) is 0 Å². The highest BCUT2D eigenvalue weighted by atomic mass is 16.7. The topological polar surface area (TPSA) is 108 Å². The highest BCUT2D eigenvalue weighted by Gasteiger charge is 2.25. The van der Waals surface area contributed by atoms with Crippen LogP contribution in [0.2, 0.25) is 0 Å². The van der Waals surface area contributed by atoms with Crippen LogP contribution in [0.1, 0.15) is 168 Å². The number of carboxylic acids is 1. The Morgan fingerprint density at radius 3 is 1.47 bits per heavy atom. The molecule has 0 aromatic rings. The van der Waals surface area contributed by atoms with E-state index in [4.69, 9.17) is 18.9 Å². The molecule has 0 saturated carbocycles. The lowest BCUT2D eigenvalue weighted by atomic mass is 10.1. The van der Waals surface area contributed by atoms with Crippen LogP contribution in [0.3, 0.4) is 0 Å². The van der Waals surface area contributed by atoms with Crippen molar-refractivity contribution >= 4 is 17.9 Å². The molecule has 0 aliphatic heterocycles. The van der Waals surface area contributed by atoms with E-state index in [1.165, 1.54) is 64.2 Å². The highest BCUT2D eigenvalue weighted by molar-refractivity contribution is 5.71. The lowest BCUT2D eigenvalue weighted by Crippen LogP contribution is -2.40. The Kier molecular flexibility index (Phi) is 39.2. The smallest absolute Gasteiger partial charge is 0.361 e. The molecule has 0 bridgehead atoms. The van der Waals surface area contributed by atoms with Gasteiger partial charge in [-0.3, -0.25) is 9.59 Å². The summed E-state index contributed by atoms with van der Waals surface area (Å²) in [5, 5.41) is 9.64. The number of unbranched alkanes of at least 4 members (excludes halogenated alkanes) is 14. The summed E-state index contributed by atoms with van der Waals surface area (Å²) < 4.78 is 22.7. The standard InChI is InChI=1S/C50H85NO8/c1-6-8-10-12-14-16-18-20-22-23-24-25-27-28-30-32-34-36-38-40-47(52)57-44-46(45-58-50(49(54)55)56-43-42-51(3,4)5)59-48(53)41-39-37-35-33-31-29-26-21-19-17-15-13-11-9-7-2/h9,11,14-17,20-22,26,31,33,46,50H,6-8,10,12-13,18-19,23-25,27-30,32,34-45H2,1-5H3/p+1/b11-9-,16-14-,17-15-,22-20-,26-21-,33-31-. The Bertz CT molecular complexity index is 1200. The molecule has 0 aliphatic carbocycles. The van der Waals surface area contributed by atoms with Crippen molar-refractivity contribution in [3.8, 4) is 0 Å². The number of likely N-dealkylation sites (N-methyl/N-ethyl adjacent to an activating group) is 1. The Labute approximate surface area is 360 Å². The summed E-state index contributed by atoms with van der Waals surface area (Å²) >= 11 is 0. The number of carbonyl (C=O) groups excluding carboxylic acids is 2. The minimum atomic E-state index is -1.52. The van der Waals surface area contributed by atoms with Crippen LogP contribution < -0.4 is 0 Å². The van der Waals surface area contributed by atoms with Gasteiger partial charge in [0.15, 0.2) is 6.10 Å². The molecule has 2 unspecified atom stereocenters. The molecule has 59 heavy (non-hydrogen) atoms. The van der Waals surface area contributed by atoms with Crippen molar-refractivity contribution in [3.63, 3.8) is 0 Å². The zero-order chi connectivity index (χ0) is 43.5. The third kappa shape index (κ3) is 42.7. The predicted octanol–water partition coefficient (Wildman–Crippen LogP) is 12.3. The zero-order valence-electron chi connectivity index (χ0n) is 38.1. The van der Waals surface area contributed by atoms with Crippen molar-refractivity contribution in [3.05, 3.63) is 72.9 Å². The molecule has 0 amide bonds. The molecule has 0 rings (SSSR count). The molecule has 0 radical (unpaired) electrons. The van der Waals surface area contributed by atoms with E-state index in [0.29, 0.717) is 17.4 Å². The summed E-state index contributed by atoms with van der Waals surface area (Å²) in [6.07, 6.45) is 48.2. The largest absolute Gasteiger partial charge is 0.477 e. The SMILES string of the molecule is CC/C=C\C/C=C\C/C=C\C/C=C\CCCCC(=O)OC(COC(=O)CCCCCCCCCCC/C=C\C/C=C\CCCCC)COC(OCC[N+](C)(C)C)C(=O)O. The number of hydrogen-bond donors (Lipinski definition) is 1. The average molecular weight is 829 g/mol. The normalized spacial score (nSPS) is 13.6. The second kappa shape index (κ2) is 41.5. The number of carboxylic acid groups (broad SMARTS) is 1. The summed E-state index contributed by atoms with van der Waals surface area (Å²) in [6, 6.07) is 0. The van der Waals surface area contributed by atoms with Gasteiger partial charge in [0.05, 0.1) is 34.4 Å². The van der Waals surface area contributed by atoms with Crippen LogP contribution in [0.5, 0.6) is 0 Å². The van der Waals surface area contributed by atoms with Crippen molar-refractivity contribution in [1.82, 2.24) is 0 Å². The first kappa shape index (κ1) is 55.7. The van der Waals surface area contributed by atoms with Gasteiger partial charge in [-0.1, -0.05) is 145 Å². The van der Waals surface area contributed by atoms with E-state index in [-0.39, 0.29) is 38.6 Å². The quantitative estimate of drug-likeness (QED) is 0.0213. The van der Waals surface area contributed by atoms with Gasteiger partial charge in [0.2, 0.25) is 0 Å². The van der Waals surface area contributed by atoms with Gasteiger partial charge in [0.25, 0.3) is 6.29 Å². The zero-order valence-corrected chi connectivity index (χ0v) is 38.1. The van der Waals surface area contributed by atoms with Crippen LogP contribution in [0.4, 0.5) is 0 Å². The predicted molar refractivity (Wildman–Crippen MR) is 244 cm³/mol. The second-order valence-electron chi connectivity index (χ2n) is 16.3. The van der Waals surface area contributed by atoms with Crippen molar-refractivity contribution in [2.24, 2.45) is 0 Å². The maximum absolute atomic E-state index is 12.7. The summed E-state index contributed by atoms with van der Waals surface area (Å²) in [6.45, 7) is 4.66. The summed E-state index contributed by atoms with van der Waals surface area (Å²) in [5.74, 6) is -2.08. The van der Waals surface area contributed by atoms with Crippen LogP contribution >= 0.6 is 0 Å². The summed E-state index contributed by atoms with van der Waals surface area (Å²) in [7, 11) is 5.93. The fourth-order valence-electron chi connectivity index (χ4n) is 5.86. The molecule has 0 saturated heterocycles. The molecular formula is C50H86NO8+. The molecule has 0 aliphatic rings. The van der Waals surface area contributed by atoms with Gasteiger partial charge in [0, 0.05) is 12.8 Å². The van der Waals surface area contributed by atoms with Gasteiger partial charge in [-0.05, 0) is 83.5 Å². The Morgan fingerprint density at radius 1 is 0.525 bits per heavy atom. The molecule has 0 aromatic carbocycles. The molecular weight excluding hydrogens is 743 g/mol. The molecule has 0 fully saturated rings. The number of carbonyl (C=O) groups is 3. The second-order valence-corrected chi connectivity index (χ2v) is 16.3. The van der Waals surface area contributed by atoms with E-state index in [2.05, 4.69) is 86.8 Å². The van der Waals surface area contributed by atoms with Crippen LogP contribution in [0.15, 0.2) is 72.9 Å². The van der Waals surface area contributed by atoms with Crippen molar-refractivity contribution in [1.29, 1.82) is 0 Å². The molecule has 338 valence electrons. The highest BCUT2D eigenvalue weighted by Crippen LogP contribution is 2.13. The van der Waals surface area contributed by atoms with Gasteiger partial charge >= 0.3 is 17.9 Å². The minimum Gasteiger partial charge on any atom is -0.477 e. The van der Waals surface area contributed by atoms with Crippen LogP contribution in [0.25, 0.3) is 0 Å². The number of quaternary nitrogens is 1. The fourth-order valence-corrected chi connectivity index (χ4v) is 5.86. The van der Waals surface area contributed by atoms with Crippen molar-refractivity contribution < 1.29 is 42.9 Å². The maximum atomic E-state index is 12.7. The minimum absolute atomic E-state index is 0.175. The molecule has 2 atom stereocenters. The van der Waals surface area contributed by atoms with E-state index < -0.39 is 24.3 Å². The van der Waals surface area contributed by atoms with Crippen molar-refractivity contribution in [2.45, 2.75) is 180 Å². The van der Waals surface area contributed by atoms with E-state index in [1.54, 1.807) is 0 Å². The fraction of sp³-hybridized carbons (Fsp3) is 0.700. The average Bonchev–Trinajstić information content (AvgIpc) is 3.19. The molecule has 1 N–H and O–H groups in total. The molecule has 9 nitrogen and oxygen atoms in total. The molecule has 9 heteroatoms. The third-order valence-electron chi connectivity index (χ3n) is 9.45. The lowest BCUT2D eigenvalue weighted by Gasteiger charge is -2.25. The van der Waals surface area contributed by atoms with E-state index in [0.717, 1.165) is 70.6 Å². The van der Waals surface area contributed by atoms with Crippen LogP contribution in [0, 0.1) is 0 Å². The Hall–Kier alpha value is -3.27. The molecule has 0 aromatic heterocycles. The number of aliphatic carboxylic acids is 1. The summed E-state index contributed by atoms with van der Waals surface area (Å²) in [4.78, 5) is 37.1. The lowest BCUT2D eigenvalue weighted by molar-refractivity contribution is -0.870. The van der Waals surface area contributed by atoms with Gasteiger partial charge < -0.3 is 28.5 Å². The summed E-state index contributed by atoms with van der Waals surface area (Å²) in [5.41, 5.74) is 0. The van der Waals surface area contributed by atoms with Gasteiger partial charge in [-0.15, -0.1) is 0 Å². The molecule has 0 heterocycles. The van der Waals surface area contributed by atoms with Gasteiger partial charge in [-0.25, -0.2) is 4.79 Å². The maximum Gasteiger partial charge on any atom is 0.361 e. The number of hydrogen-bond acceptors (Lipinski definition) is 7. The number of nitrogens with zero attached hydrogens (tertiary/aromatic N) is 1. The first-order valence-electron chi connectivity index (χ1n) is 23.1. The number of ether oxygens (including phenoxy) is 4. The first-order chi connectivity index (χ1) is 28.6. The Morgan fingerprint density at radius 2 is 0.966 bits per heavy atom.